The van der Waals surface area contributed by atoms with Gasteiger partial charge in [-0.25, -0.2) is 9.48 Å². The quantitative estimate of drug-likeness (QED) is 0.635. The minimum Gasteiger partial charge on any atom is -0.481 e. The van der Waals surface area contributed by atoms with Crippen molar-refractivity contribution in [3.63, 3.8) is 0 Å². The van der Waals surface area contributed by atoms with Gasteiger partial charge in [0.15, 0.2) is 0 Å². The summed E-state index contributed by atoms with van der Waals surface area (Å²) in [6, 6.07) is 5.04. The molecule has 186 valence electrons. The van der Waals surface area contributed by atoms with E-state index in [-0.39, 0.29) is 6.03 Å². The molecule has 2 aliphatic heterocycles. The molecule has 10 heteroatoms. The standard InChI is InChI=1S/C24H34Cl2N6O2/c1-17-20(23(34-3)29(2)28-17)16-31-8-4-5-18(15-31)14-30-9-11-32(12-10-30)24(33)27-19-6-7-21(25)22(26)13-19/h6-7,13,18H,4-5,8-12,14-16H2,1-3H3,(H,27,33). The number of hydrogen-bond donors (Lipinski definition) is 1. The second kappa shape index (κ2) is 11.2. The van der Waals surface area contributed by atoms with Crippen LogP contribution in [-0.4, -0.2) is 83.4 Å². The van der Waals surface area contributed by atoms with Gasteiger partial charge in [0, 0.05) is 58.5 Å². The molecule has 2 fully saturated rings. The summed E-state index contributed by atoms with van der Waals surface area (Å²) in [5.74, 6) is 1.49. The Morgan fingerprint density at radius 1 is 1.15 bits per heavy atom. The molecule has 34 heavy (non-hydrogen) atoms. The number of nitrogens with one attached hydrogen (secondary N) is 1. The van der Waals surface area contributed by atoms with Crippen LogP contribution in [0.2, 0.25) is 10.0 Å². The smallest absolute Gasteiger partial charge is 0.321 e. The molecule has 2 aliphatic rings. The number of piperazine rings is 1. The van der Waals surface area contributed by atoms with Gasteiger partial charge >= 0.3 is 6.03 Å². The fourth-order valence-corrected chi connectivity index (χ4v) is 5.36. The number of aryl methyl sites for hydroxylation is 2. The summed E-state index contributed by atoms with van der Waals surface area (Å²) < 4.78 is 7.40. The molecule has 3 heterocycles. The topological polar surface area (TPSA) is 65.9 Å². The minimum absolute atomic E-state index is 0.0948. The van der Waals surface area contributed by atoms with E-state index in [1.165, 1.54) is 18.4 Å². The third-order valence-corrected chi connectivity index (χ3v) is 7.55. The summed E-state index contributed by atoms with van der Waals surface area (Å²) in [4.78, 5) is 19.5. The average Bonchev–Trinajstić information content (AvgIpc) is 3.08. The number of piperidine rings is 1. The van der Waals surface area contributed by atoms with Crippen LogP contribution in [0.5, 0.6) is 5.88 Å². The van der Waals surface area contributed by atoms with Gasteiger partial charge in [0.2, 0.25) is 5.88 Å². The highest BCUT2D eigenvalue weighted by Crippen LogP contribution is 2.27. The van der Waals surface area contributed by atoms with E-state index < -0.39 is 0 Å². The Morgan fingerprint density at radius 2 is 1.91 bits per heavy atom. The van der Waals surface area contributed by atoms with Crippen LogP contribution in [0.4, 0.5) is 10.5 Å². The molecule has 2 aromatic rings. The Hall–Kier alpha value is -2.00. The van der Waals surface area contributed by atoms with Gasteiger partial charge in [-0.05, 0) is 50.4 Å². The first-order valence-electron chi connectivity index (χ1n) is 11.9. The summed E-state index contributed by atoms with van der Waals surface area (Å²) in [6.07, 6.45) is 2.45. The fourth-order valence-electron chi connectivity index (χ4n) is 5.06. The Kier molecular flexibility index (Phi) is 8.24. The average molecular weight is 509 g/mol. The molecule has 2 amide bonds. The highest BCUT2D eigenvalue weighted by atomic mass is 35.5. The Balaban J connectivity index is 1.24. The van der Waals surface area contributed by atoms with E-state index >= 15 is 0 Å². The van der Waals surface area contributed by atoms with E-state index in [0.717, 1.165) is 63.9 Å². The number of anilines is 1. The van der Waals surface area contributed by atoms with Crippen molar-refractivity contribution in [2.45, 2.75) is 26.3 Å². The van der Waals surface area contributed by atoms with Crippen molar-refractivity contribution in [2.24, 2.45) is 13.0 Å². The van der Waals surface area contributed by atoms with Gasteiger partial charge in [0.25, 0.3) is 0 Å². The predicted octanol–water partition coefficient (Wildman–Crippen LogP) is 4.11. The first-order chi connectivity index (χ1) is 16.3. The zero-order chi connectivity index (χ0) is 24.2. The first-order valence-corrected chi connectivity index (χ1v) is 12.6. The SMILES string of the molecule is COc1c(CN2CCCC(CN3CCN(C(=O)Nc4ccc(Cl)c(Cl)c4)CC3)C2)c(C)nn1C. The number of benzene rings is 1. The van der Waals surface area contributed by atoms with Crippen molar-refractivity contribution < 1.29 is 9.53 Å². The van der Waals surface area contributed by atoms with Crippen molar-refractivity contribution in [1.29, 1.82) is 0 Å². The van der Waals surface area contributed by atoms with Crippen LogP contribution in [0.15, 0.2) is 18.2 Å². The molecule has 0 aliphatic carbocycles. The van der Waals surface area contributed by atoms with Gasteiger partial charge in [-0.2, -0.15) is 5.10 Å². The number of carbonyl (C=O) groups is 1. The van der Waals surface area contributed by atoms with Crippen molar-refractivity contribution in [2.75, 3.05) is 58.2 Å². The zero-order valence-electron chi connectivity index (χ0n) is 20.2. The lowest BCUT2D eigenvalue weighted by atomic mass is 9.96. The maximum atomic E-state index is 12.7. The molecule has 0 bridgehead atoms. The van der Waals surface area contributed by atoms with E-state index in [0.29, 0.717) is 21.7 Å². The highest BCUT2D eigenvalue weighted by Gasteiger charge is 2.27. The summed E-state index contributed by atoms with van der Waals surface area (Å²) in [7, 11) is 3.64. The third kappa shape index (κ3) is 5.97. The predicted molar refractivity (Wildman–Crippen MR) is 136 cm³/mol. The number of ether oxygens (including phenoxy) is 1. The lowest BCUT2D eigenvalue weighted by Crippen LogP contribution is -2.52. The van der Waals surface area contributed by atoms with Crippen molar-refractivity contribution in [1.82, 2.24) is 24.5 Å². The molecule has 1 aromatic carbocycles. The molecule has 1 atom stereocenters. The van der Waals surface area contributed by atoms with Gasteiger partial charge in [0.1, 0.15) is 0 Å². The fraction of sp³-hybridized carbons (Fsp3) is 0.583. The van der Waals surface area contributed by atoms with Gasteiger partial charge < -0.3 is 15.0 Å². The number of urea groups is 1. The van der Waals surface area contributed by atoms with Crippen molar-refractivity contribution in [3.05, 3.63) is 39.5 Å². The molecule has 0 saturated carbocycles. The van der Waals surface area contributed by atoms with Gasteiger partial charge in [0.05, 0.1) is 28.4 Å². The lowest BCUT2D eigenvalue weighted by Gasteiger charge is -2.39. The Bertz CT molecular complexity index is 1010. The number of methoxy groups -OCH3 is 1. The van der Waals surface area contributed by atoms with Crippen LogP contribution in [0, 0.1) is 12.8 Å². The second-order valence-corrected chi connectivity index (χ2v) is 10.1. The van der Waals surface area contributed by atoms with Crippen molar-refractivity contribution in [3.8, 4) is 5.88 Å². The summed E-state index contributed by atoms with van der Waals surface area (Å²) >= 11 is 12.0. The molecule has 0 radical (unpaired) electrons. The van der Waals surface area contributed by atoms with E-state index in [9.17, 15) is 4.79 Å². The van der Waals surface area contributed by atoms with Crippen LogP contribution >= 0.6 is 23.2 Å². The summed E-state index contributed by atoms with van der Waals surface area (Å²) in [5.41, 5.74) is 2.88. The number of carbonyl (C=O) groups excluding carboxylic acids is 1. The molecule has 0 spiro atoms. The van der Waals surface area contributed by atoms with Crippen LogP contribution < -0.4 is 10.1 Å². The normalized spacial score (nSPS) is 19.9. The van der Waals surface area contributed by atoms with Crippen molar-refractivity contribution >= 4 is 34.9 Å². The maximum absolute atomic E-state index is 12.7. The molecule has 2 saturated heterocycles. The molecule has 8 nitrogen and oxygen atoms in total. The Morgan fingerprint density at radius 3 is 2.62 bits per heavy atom. The van der Waals surface area contributed by atoms with E-state index in [1.807, 2.05) is 16.6 Å². The highest BCUT2D eigenvalue weighted by molar-refractivity contribution is 6.42. The minimum atomic E-state index is -0.0948. The van der Waals surface area contributed by atoms with E-state index in [4.69, 9.17) is 27.9 Å². The zero-order valence-corrected chi connectivity index (χ0v) is 21.7. The van der Waals surface area contributed by atoms with Gasteiger partial charge in [-0.3, -0.25) is 9.80 Å². The number of aromatic nitrogens is 2. The van der Waals surface area contributed by atoms with Gasteiger partial charge in [-0.1, -0.05) is 23.2 Å². The number of amides is 2. The molecule has 1 N–H and O–H groups in total. The van der Waals surface area contributed by atoms with E-state index in [1.54, 1.807) is 25.3 Å². The Labute approximate surface area is 211 Å². The van der Waals surface area contributed by atoms with Crippen LogP contribution in [0.1, 0.15) is 24.1 Å². The number of nitrogens with zero attached hydrogens (tertiary/aromatic N) is 5. The van der Waals surface area contributed by atoms with Crippen LogP contribution in [0.3, 0.4) is 0 Å². The van der Waals surface area contributed by atoms with Crippen LogP contribution in [-0.2, 0) is 13.6 Å². The number of rotatable bonds is 6. The maximum Gasteiger partial charge on any atom is 0.321 e. The second-order valence-electron chi connectivity index (χ2n) is 9.29. The summed E-state index contributed by atoms with van der Waals surface area (Å²) in [6.45, 7) is 9.40. The largest absolute Gasteiger partial charge is 0.481 e. The van der Waals surface area contributed by atoms with E-state index in [2.05, 4.69) is 27.1 Å². The monoisotopic (exact) mass is 508 g/mol. The molecular formula is C24H34Cl2N6O2. The molecule has 1 aromatic heterocycles. The number of halogens is 2. The molecule has 1 unspecified atom stereocenters. The molecular weight excluding hydrogens is 475 g/mol. The third-order valence-electron chi connectivity index (χ3n) is 6.81. The molecule has 4 rings (SSSR count). The van der Waals surface area contributed by atoms with Crippen LogP contribution in [0.25, 0.3) is 0 Å². The number of likely N-dealkylation sites (tertiary alicyclic amines) is 1. The summed E-state index contributed by atoms with van der Waals surface area (Å²) in [5, 5.41) is 8.35. The number of hydrogen-bond acceptors (Lipinski definition) is 5. The van der Waals surface area contributed by atoms with Gasteiger partial charge in [-0.15, -0.1) is 0 Å². The first kappa shape index (κ1) is 25.1. The lowest BCUT2D eigenvalue weighted by molar-refractivity contribution is 0.0980.